The smallest absolute Gasteiger partial charge is 0.358 e. The van der Waals surface area contributed by atoms with Gasteiger partial charge in [0, 0.05) is 7.05 Å². The molecule has 0 atom stereocenters. The van der Waals surface area contributed by atoms with Gasteiger partial charge in [-0.3, -0.25) is 4.79 Å². The lowest BCUT2D eigenvalue weighted by molar-refractivity contribution is -0.141. The molecular formula is C7H11NO4. The van der Waals surface area contributed by atoms with Gasteiger partial charge in [0.1, 0.15) is 6.26 Å². The van der Waals surface area contributed by atoms with Crippen LogP contribution in [0.3, 0.4) is 0 Å². The largest absolute Gasteiger partial charge is 0.513 e. The van der Waals surface area contributed by atoms with Gasteiger partial charge in [-0.05, 0) is 6.92 Å². The molecule has 12 heavy (non-hydrogen) atoms. The summed E-state index contributed by atoms with van der Waals surface area (Å²) in [4.78, 5) is 22.0. The Morgan fingerprint density at radius 2 is 2.25 bits per heavy atom. The van der Waals surface area contributed by atoms with Gasteiger partial charge in [0.2, 0.25) is 6.41 Å². The number of carbonyl (C=O) groups is 2. The number of hydrogen-bond acceptors (Lipinski definition) is 4. The molecule has 0 unspecified atom stereocenters. The Kier molecular flexibility index (Phi) is 4.52. The van der Waals surface area contributed by atoms with E-state index in [9.17, 15) is 9.59 Å². The van der Waals surface area contributed by atoms with Crippen LogP contribution in [-0.2, 0) is 14.3 Å². The molecular weight excluding hydrogens is 162 g/mol. The van der Waals surface area contributed by atoms with E-state index < -0.39 is 5.97 Å². The third-order valence-corrected chi connectivity index (χ3v) is 1.14. The van der Waals surface area contributed by atoms with Crippen molar-refractivity contribution in [2.75, 3.05) is 13.7 Å². The summed E-state index contributed by atoms with van der Waals surface area (Å²) in [5.74, 6) is -0.727. The highest BCUT2D eigenvalue weighted by molar-refractivity contribution is 5.89. The number of aliphatic hydroxyl groups is 1. The number of nitrogens with zero attached hydrogens (tertiary/aromatic N) is 1. The quantitative estimate of drug-likeness (QED) is 0.282. The standard InChI is InChI=1S/C7H11NO4/c1-3-12-7(11)6(4-9)8(2)5-10/h4-5,9H,3H2,1-2H3/b6-4+. The van der Waals surface area contributed by atoms with Crippen LogP contribution >= 0.6 is 0 Å². The van der Waals surface area contributed by atoms with E-state index in [4.69, 9.17) is 5.11 Å². The molecule has 1 N–H and O–H groups in total. The summed E-state index contributed by atoms with van der Waals surface area (Å²) in [7, 11) is 1.34. The van der Waals surface area contributed by atoms with Crippen molar-refractivity contribution in [1.82, 2.24) is 4.90 Å². The fourth-order valence-corrected chi connectivity index (χ4v) is 0.550. The molecule has 5 heteroatoms. The number of hydrogen-bond donors (Lipinski definition) is 1. The third-order valence-electron chi connectivity index (χ3n) is 1.14. The number of carbonyl (C=O) groups excluding carboxylic acids is 2. The molecule has 0 aromatic heterocycles. The average molecular weight is 173 g/mol. The Bertz CT molecular complexity index is 200. The molecule has 0 aliphatic rings. The van der Waals surface area contributed by atoms with Gasteiger partial charge >= 0.3 is 5.97 Å². The Balaban J connectivity index is 4.36. The van der Waals surface area contributed by atoms with Crippen LogP contribution in [0.2, 0.25) is 0 Å². The molecule has 0 aliphatic carbocycles. The van der Waals surface area contributed by atoms with Crippen molar-refractivity contribution < 1.29 is 19.4 Å². The first-order valence-electron chi connectivity index (χ1n) is 3.37. The average Bonchev–Trinajstić information content (AvgIpc) is 2.06. The first-order chi connectivity index (χ1) is 5.67. The monoisotopic (exact) mass is 173 g/mol. The summed E-state index contributed by atoms with van der Waals surface area (Å²) in [5, 5.41) is 8.56. The summed E-state index contributed by atoms with van der Waals surface area (Å²) in [6, 6.07) is 0. The van der Waals surface area contributed by atoms with Crippen LogP contribution in [-0.4, -0.2) is 36.0 Å². The molecule has 0 rings (SSSR count). The van der Waals surface area contributed by atoms with E-state index in [1.165, 1.54) is 7.05 Å². The lowest BCUT2D eigenvalue weighted by Crippen LogP contribution is -2.23. The molecule has 1 amide bonds. The molecule has 0 radical (unpaired) electrons. The van der Waals surface area contributed by atoms with Gasteiger partial charge in [-0.15, -0.1) is 0 Å². The molecule has 0 heterocycles. The van der Waals surface area contributed by atoms with E-state index in [0.29, 0.717) is 12.7 Å². The Hall–Kier alpha value is -1.52. The van der Waals surface area contributed by atoms with Crippen molar-refractivity contribution >= 4 is 12.4 Å². The second-order valence-electron chi connectivity index (χ2n) is 1.95. The predicted molar refractivity (Wildman–Crippen MR) is 41.2 cm³/mol. The zero-order chi connectivity index (χ0) is 9.56. The normalized spacial score (nSPS) is 10.7. The number of ether oxygens (including phenoxy) is 1. The van der Waals surface area contributed by atoms with Crippen LogP contribution in [0.4, 0.5) is 0 Å². The van der Waals surface area contributed by atoms with Crippen molar-refractivity contribution in [3.05, 3.63) is 12.0 Å². The highest BCUT2D eigenvalue weighted by Gasteiger charge is 2.14. The van der Waals surface area contributed by atoms with E-state index in [1.807, 2.05) is 0 Å². The van der Waals surface area contributed by atoms with Crippen LogP contribution < -0.4 is 0 Å². The highest BCUT2D eigenvalue weighted by atomic mass is 16.5. The molecule has 0 aliphatic heterocycles. The summed E-state index contributed by atoms with van der Waals surface area (Å²) >= 11 is 0. The van der Waals surface area contributed by atoms with Crippen LogP contribution in [0.25, 0.3) is 0 Å². The maximum atomic E-state index is 10.9. The second kappa shape index (κ2) is 5.17. The van der Waals surface area contributed by atoms with Gasteiger partial charge in [-0.2, -0.15) is 0 Å². The van der Waals surface area contributed by atoms with Gasteiger partial charge < -0.3 is 14.7 Å². The molecule has 0 aromatic carbocycles. The Morgan fingerprint density at radius 3 is 2.58 bits per heavy atom. The highest BCUT2D eigenvalue weighted by Crippen LogP contribution is 2.00. The number of aliphatic hydroxyl groups excluding tert-OH is 1. The van der Waals surface area contributed by atoms with Crippen molar-refractivity contribution in [2.24, 2.45) is 0 Å². The molecule has 0 spiro atoms. The van der Waals surface area contributed by atoms with Gasteiger partial charge in [-0.25, -0.2) is 4.79 Å². The molecule has 0 fully saturated rings. The van der Waals surface area contributed by atoms with E-state index in [0.717, 1.165) is 4.90 Å². The van der Waals surface area contributed by atoms with Gasteiger partial charge in [0.15, 0.2) is 5.70 Å². The van der Waals surface area contributed by atoms with E-state index >= 15 is 0 Å². The van der Waals surface area contributed by atoms with Crippen molar-refractivity contribution in [2.45, 2.75) is 6.92 Å². The topological polar surface area (TPSA) is 66.8 Å². The van der Waals surface area contributed by atoms with Crippen molar-refractivity contribution in [3.63, 3.8) is 0 Å². The minimum absolute atomic E-state index is 0.188. The molecule has 0 saturated carbocycles. The number of esters is 1. The summed E-state index contributed by atoms with van der Waals surface area (Å²) < 4.78 is 4.55. The lowest BCUT2D eigenvalue weighted by atomic mass is 10.4. The first kappa shape index (κ1) is 10.5. The maximum absolute atomic E-state index is 10.9. The fraction of sp³-hybridized carbons (Fsp3) is 0.429. The van der Waals surface area contributed by atoms with Crippen LogP contribution in [0.5, 0.6) is 0 Å². The predicted octanol–water partition coefficient (Wildman–Crippen LogP) is 0.0371. The lowest BCUT2D eigenvalue weighted by Gasteiger charge is -2.11. The molecule has 0 aromatic rings. The van der Waals surface area contributed by atoms with Crippen molar-refractivity contribution in [1.29, 1.82) is 0 Å². The minimum Gasteiger partial charge on any atom is -0.513 e. The fourth-order valence-electron chi connectivity index (χ4n) is 0.550. The Morgan fingerprint density at radius 1 is 1.67 bits per heavy atom. The van der Waals surface area contributed by atoms with E-state index in [-0.39, 0.29) is 12.3 Å². The second-order valence-corrected chi connectivity index (χ2v) is 1.95. The third kappa shape index (κ3) is 2.61. The summed E-state index contributed by atoms with van der Waals surface area (Å²) in [5.41, 5.74) is -0.188. The number of likely N-dealkylation sites (N-methyl/N-ethyl adjacent to an activating group) is 1. The molecule has 0 saturated heterocycles. The van der Waals surface area contributed by atoms with Gasteiger partial charge in [0.05, 0.1) is 6.61 Å². The molecule has 0 bridgehead atoms. The van der Waals surface area contributed by atoms with Gasteiger partial charge in [0.25, 0.3) is 0 Å². The maximum Gasteiger partial charge on any atom is 0.358 e. The number of amides is 1. The van der Waals surface area contributed by atoms with Crippen LogP contribution in [0, 0.1) is 0 Å². The van der Waals surface area contributed by atoms with Gasteiger partial charge in [-0.1, -0.05) is 0 Å². The molecule has 68 valence electrons. The van der Waals surface area contributed by atoms with E-state index in [1.54, 1.807) is 6.92 Å². The summed E-state index contributed by atoms with van der Waals surface area (Å²) in [6.07, 6.45) is 0.936. The SMILES string of the molecule is CCOC(=O)/C(=C\O)N(C)C=O. The number of rotatable bonds is 4. The minimum atomic E-state index is -0.727. The van der Waals surface area contributed by atoms with Crippen LogP contribution in [0.1, 0.15) is 6.92 Å². The van der Waals surface area contributed by atoms with E-state index in [2.05, 4.69) is 4.74 Å². The first-order valence-corrected chi connectivity index (χ1v) is 3.37. The summed E-state index contributed by atoms with van der Waals surface area (Å²) in [6.45, 7) is 1.83. The van der Waals surface area contributed by atoms with Crippen molar-refractivity contribution in [3.8, 4) is 0 Å². The van der Waals surface area contributed by atoms with Crippen LogP contribution in [0.15, 0.2) is 12.0 Å². The molecule has 5 nitrogen and oxygen atoms in total. The Labute approximate surface area is 70.2 Å². The zero-order valence-corrected chi connectivity index (χ0v) is 6.98. The zero-order valence-electron chi connectivity index (χ0n) is 6.98.